The minimum absolute atomic E-state index is 0.225. The Morgan fingerprint density at radius 1 is 1.10 bits per heavy atom. The zero-order chi connectivity index (χ0) is 15.2. The molecule has 1 heterocycles. The Kier molecular flexibility index (Phi) is 4.76. The minimum Gasteiger partial charge on any atom is -0.467 e. The van der Waals surface area contributed by atoms with Crippen LogP contribution in [0, 0.1) is 0 Å². The van der Waals surface area contributed by atoms with Crippen molar-refractivity contribution < 1.29 is 9.47 Å². The summed E-state index contributed by atoms with van der Waals surface area (Å²) in [5, 5.41) is 0. The van der Waals surface area contributed by atoms with Gasteiger partial charge in [-0.25, -0.2) is 0 Å². The number of rotatable bonds is 6. The normalized spacial score (nSPS) is 10.2. The number of aromatic nitrogens is 3. The molecule has 2 aromatic rings. The fraction of sp³-hybridized carbons (Fsp3) is 0.357. The maximum Gasteiger partial charge on any atom is 0.324 e. The zero-order valence-electron chi connectivity index (χ0n) is 12.4. The summed E-state index contributed by atoms with van der Waals surface area (Å²) >= 11 is 0. The molecule has 21 heavy (non-hydrogen) atoms. The molecule has 0 bridgehead atoms. The van der Waals surface area contributed by atoms with Crippen molar-refractivity contribution in [3.05, 3.63) is 29.8 Å². The van der Waals surface area contributed by atoms with Gasteiger partial charge in [-0.05, 0) is 24.6 Å². The SMILES string of the molecule is CCN(Cc1cccc(N)c1)c1nc(OC)nc(OC)n1. The van der Waals surface area contributed by atoms with E-state index in [0.29, 0.717) is 12.5 Å². The first kappa shape index (κ1) is 14.8. The topological polar surface area (TPSA) is 86.4 Å². The Bertz CT molecular complexity index is 583. The van der Waals surface area contributed by atoms with Crippen molar-refractivity contribution >= 4 is 11.6 Å². The lowest BCUT2D eigenvalue weighted by atomic mass is 10.2. The van der Waals surface area contributed by atoms with E-state index in [1.165, 1.54) is 14.2 Å². The molecule has 0 aliphatic rings. The van der Waals surface area contributed by atoms with E-state index in [-0.39, 0.29) is 12.0 Å². The Balaban J connectivity index is 2.28. The van der Waals surface area contributed by atoms with Gasteiger partial charge in [0.15, 0.2) is 0 Å². The third kappa shape index (κ3) is 3.71. The summed E-state index contributed by atoms with van der Waals surface area (Å²) in [6.45, 7) is 3.39. The van der Waals surface area contributed by atoms with Crippen LogP contribution in [0.15, 0.2) is 24.3 Å². The predicted molar refractivity (Wildman–Crippen MR) is 80.5 cm³/mol. The molecular formula is C14H19N5O2. The number of benzene rings is 1. The van der Waals surface area contributed by atoms with Crippen molar-refractivity contribution in [2.45, 2.75) is 13.5 Å². The second-order valence-electron chi connectivity index (χ2n) is 4.37. The molecule has 7 nitrogen and oxygen atoms in total. The molecule has 0 amide bonds. The molecule has 0 radical (unpaired) electrons. The highest BCUT2D eigenvalue weighted by atomic mass is 16.5. The van der Waals surface area contributed by atoms with Gasteiger partial charge < -0.3 is 20.1 Å². The highest BCUT2D eigenvalue weighted by Crippen LogP contribution is 2.18. The quantitative estimate of drug-likeness (QED) is 0.806. The van der Waals surface area contributed by atoms with E-state index in [4.69, 9.17) is 15.2 Å². The average molecular weight is 289 g/mol. The van der Waals surface area contributed by atoms with Crippen LogP contribution in [0.1, 0.15) is 12.5 Å². The van der Waals surface area contributed by atoms with E-state index in [9.17, 15) is 0 Å². The first-order valence-electron chi connectivity index (χ1n) is 6.59. The molecule has 0 atom stereocenters. The lowest BCUT2D eigenvalue weighted by molar-refractivity contribution is 0.340. The smallest absolute Gasteiger partial charge is 0.324 e. The second kappa shape index (κ2) is 6.74. The van der Waals surface area contributed by atoms with Gasteiger partial charge in [0.2, 0.25) is 5.95 Å². The Labute approximate surface area is 123 Å². The van der Waals surface area contributed by atoms with Crippen LogP contribution in [0.4, 0.5) is 11.6 Å². The fourth-order valence-corrected chi connectivity index (χ4v) is 1.89. The number of nitrogen functional groups attached to an aromatic ring is 1. The minimum atomic E-state index is 0.225. The summed E-state index contributed by atoms with van der Waals surface area (Å²) in [6, 6.07) is 8.17. The third-order valence-corrected chi connectivity index (χ3v) is 2.94. The number of hydrogen-bond donors (Lipinski definition) is 1. The molecule has 0 aliphatic carbocycles. The van der Waals surface area contributed by atoms with Gasteiger partial charge in [0, 0.05) is 18.8 Å². The number of ether oxygens (including phenoxy) is 2. The van der Waals surface area contributed by atoms with Gasteiger partial charge >= 0.3 is 12.0 Å². The van der Waals surface area contributed by atoms with Crippen LogP contribution < -0.4 is 20.1 Å². The van der Waals surface area contributed by atoms with E-state index in [1.807, 2.05) is 36.1 Å². The van der Waals surface area contributed by atoms with Gasteiger partial charge in [0.05, 0.1) is 14.2 Å². The summed E-state index contributed by atoms with van der Waals surface area (Å²) in [7, 11) is 3.01. The molecule has 1 aromatic heterocycles. The second-order valence-corrected chi connectivity index (χ2v) is 4.37. The average Bonchev–Trinajstić information content (AvgIpc) is 2.52. The summed E-state index contributed by atoms with van der Waals surface area (Å²) < 4.78 is 10.1. The van der Waals surface area contributed by atoms with Crippen LogP contribution in [0.3, 0.4) is 0 Å². The number of nitrogens with zero attached hydrogens (tertiary/aromatic N) is 4. The van der Waals surface area contributed by atoms with Crippen molar-refractivity contribution in [2.75, 3.05) is 31.4 Å². The first-order valence-corrected chi connectivity index (χ1v) is 6.59. The van der Waals surface area contributed by atoms with Gasteiger partial charge in [0.1, 0.15) is 0 Å². The molecule has 1 aromatic carbocycles. The maximum absolute atomic E-state index is 5.81. The van der Waals surface area contributed by atoms with Crippen molar-refractivity contribution in [1.82, 2.24) is 15.0 Å². The van der Waals surface area contributed by atoms with E-state index >= 15 is 0 Å². The molecule has 7 heteroatoms. The van der Waals surface area contributed by atoms with E-state index < -0.39 is 0 Å². The van der Waals surface area contributed by atoms with E-state index in [0.717, 1.165) is 17.8 Å². The Hall–Kier alpha value is -2.57. The Morgan fingerprint density at radius 3 is 2.29 bits per heavy atom. The van der Waals surface area contributed by atoms with Gasteiger partial charge in [-0.3, -0.25) is 0 Å². The monoisotopic (exact) mass is 289 g/mol. The molecule has 2 N–H and O–H groups in total. The van der Waals surface area contributed by atoms with Crippen LogP contribution >= 0.6 is 0 Å². The van der Waals surface area contributed by atoms with Crippen LogP contribution in [0.25, 0.3) is 0 Å². The molecular weight excluding hydrogens is 270 g/mol. The molecule has 0 unspecified atom stereocenters. The van der Waals surface area contributed by atoms with Gasteiger partial charge in [-0.15, -0.1) is 4.98 Å². The molecule has 0 fully saturated rings. The number of hydrogen-bond acceptors (Lipinski definition) is 7. The third-order valence-electron chi connectivity index (χ3n) is 2.94. The van der Waals surface area contributed by atoms with Crippen LogP contribution in [-0.4, -0.2) is 35.7 Å². The number of anilines is 2. The van der Waals surface area contributed by atoms with Crippen molar-refractivity contribution in [1.29, 1.82) is 0 Å². The van der Waals surface area contributed by atoms with E-state index in [2.05, 4.69) is 15.0 Å². The molecule has 0 saturated carbocycles. The summed E-state index contributed by atoms with van der Waals surface area (Å²) in [5.41, 5.74) is 7.62. The molecule has 2 rings (SSSR count). The van der Waals surface area contributed by atoms with Crippen LogP contribution in [0.5, 0.6) is 12.0 Å². The maximum atomic E-state index is 5.81. The molecule has 112 valence electrons. The van der Waals surface area contributed by atoms with E-state index in [1.54, 1.807) is 0 Å². The number of nitrogens with two attached hydrogens (primary N) is 1. The standard InChI is InChI=1S/C14H19N5O2/c1-4-19(9-10-6-5-7-11(15)8-10)12-16-13(20-2)18-14(17-12)21-3/h5-8H,4,9,15H2,1-3H3. The molecule has 0 aliphatic heterocycles. The highest BCUT2D eigenvalue weighted by Gasteiger charge is 2.13. The Morgan fingerprint density at radius 2 is 1.76 bits per heavy atom. The van der Waals surface area contributed by atoms with Crippen molar-refractivity contribution in [3.8, 4) is 12.0 Å². The van der Waals surface area contributed by atoms with Crippen LogP contribution in [-0.2, 0) is 6.54 Å². The largest absolute Gasteiger partial charge is 0.467 e. The van der Waals surface area contributed by atoms with Crippen molar-refractivity contribution in [3.63, 3.8) is 0 Å². The van der Waals surface area contributed by atoms with Crippen LogP contribution in [0.2, 0.25) is 0 Å². The molecule has 0 spiro atoms. The number of methoxy groups -OCH3 is 2. The fourth-order valence-electron chi connectivity index (χ4n) is 1.89. The predicted octanol–water partition coefficient (Wildman–Crippen LogP) is 1.50. The zero-order valence-corrected chi connectivity index (χ0v) is 12.4. The summed E-state index contributed by atoms with van der Waals surface area (Å²) in [4.78, 5) is 14.5. The summed E-state index contributed by atoms with van der Waals surface area (Å²) in [6.07, 6.45) is 0. The van der Waals surface area contributed by atoms with Gasteiger partial charge in [-0.2, -0.15) is 9.97 Å². The summed E-state index contributed by atoms with van der Waals surface area (Å²) in [5.74, 6) is 0.503. The lowest BCUT2D eigenvalue weighted by Gasteiger charge is -2.21. The highest BCUT2D eigenvalue weighted by molar-refractivity contribution is 5.42. The molecule has 0 saturated heterocycles. The first-order chi connectivity index (χ1) is 10.2. The lowest BCUT2D eigenvalue weighted by Crippen LogP contribution is -2.25. The van der Waals surface area contributed by atoms with Crippen molar-refractivity contribution in [2.24, 2.45) is 0 Å². The van der Waals surface area contributed by atoms with Gasteiger partial charge in [0.25, 0.3) is 0 Å². The van der Waals surface area contributed by atoms with Gasteiger partial charge in [-0.1, -0.05) is 12.1 Å².